The van der Waals surface area contributed by atoms with Gasteiger partial charge in [0, 0.05) is 19.2 Å². The van der Waals surface area contributed by atoms with Gasteiger partial charge in [-0.3, -0.25) is 9.59 Å². The van der Waals surface area contributed by atoms with E-state index in [2.05, 4.69) is 11.4 Å². The standard InChI is InChI=1S/C21H26N2O2/c1-15-7-5-9-18(13-15)11-12-21(25)23(4)14-20(24)22-19-10-6-8-16(2)17(19)3/h5-10,13H,11-12,14H2,1-4H3,(H,22,24). The van der Waals surface area contributed by atoms with Crippen LogP contribution in [0.4, 0.5) is 5.69 Å². The Bertz CT molecular complexity index is 768. The highest BCUT2D eigenvalue weighted by Crippen LogP contribution is 2.17. The lowest BCUT2D eigenvalue weighted by Gasteiger charge is -2.18. The summed E-state index contributed by atoms with van der Waals surface area (Å²) in [6.07, 6.45) is 1.08. The topological polar surface area (TPSA) is 49.4 Å². The molecule has 2 aromatic rings. The molecule has 1 N–H and O–H groups in total. The molecule has 0 aliphatic carbocycles. The fourth-order valence-electron chi connectivity index (χ4n) is 2.69. The molecular formula is C21H26N2O2. The monoisotopic (exact) mass is 338 g/mol. The molecule has 0 radical (unpaired) electrons. The number of hydrogen-bond acceptors (Lipinski definition) is 2. The second kappa shape index (κ2) is 8.47. The van der Waals surface area contributed by atoms with Gasteiger partial charge >= 0.3 is 0 Å². The van der Waals surface area contributed by atoms with Crippen LogP contribution in [0.3, 0.4) is 0 Å². The van der Waals surface area contributed by atoms with E-state index in [1.165, 1.54) is 10.5 Å². The lowest BCUT2D eigenvalue weighted by atomic mass is 10.1. The summed E-state index contributed by atoms with van der Waals surface area (Å²) in [4.78, 5) is 25.9. The maximum atomic E-state index is 12.3. The van der Waals surface area contributed by atoms with E-state index in [0.717, 1.165) is 22.4 Å². The molecule has 2 amide bonds. The summed E-state index contributed by atoms with van der Waals surface area (Å²) in [6, 6.07) is 13.9. The summed E-state index contributed by atoms with van der Waals surface area (Å²) < 4.78 is 0. The van der Waals surface area contributed by atoms with E-state index in [-0.39, 0.29) is 18.4 Å². The van der Waals surface area contributed by atoms with Gasteiger partial charge in [0.05, 0.1) is 6.54 Å². The average Bonchev–Trinajstić information content (AvgIpc) is 2.56. The number of carbonyl (C=O) groups excluding carboxylic acids is 2. The molecule has 4 heteroatoms. The molecule has 132 valence electrons. The molecule has 0 aromatic heterocycles. The molecule has 2 rings (SSSR count). The van der Waals surface area contributed by atoms with Crippen LogP contribution >= 0.6 is 0 Å². The van der Waals surface area contributed by atoms with Crippen LogP contribution in [0.15, 0.2) is 42.5 Å². The quantitative estimate of drug-likeness (QED) is 0.874. The van der Waals surface area contributed by atoms with Crippen molar-refractivity contribution in [2.45, 2.75) is 33.6 Å². The third-order valence-electron chi connectivity index (χ3n) is 4.40. The highest BCUT2D eigenvalue weighted by Gasteiger charge is 2.14. The lowest BCUT2D eigenvalue weighted by Crippen LogP contribution is -2.35. The summed E-state index contributed by atoms with van der Waals surface area (Å²) in [6.45, 7) is 6.07. The van der Waals surface area contributed by atoms with Crippen molar-refractivity contribution in [1.82, 2.24) is 4.90 Å². The van der Waals surface area contributed by atoms with E-state index in [9.17, 15) is 9.59 Å². The van der Waals surface area contributed by atoms with Crippen molar-refractivity contribution in [2.75, 3.05) is 18.9 Å². The van der Waals surface area contributed by atoms with Gasteiger partial charge in [0.2, 0.25) is 11.8 Å². The maximum absolute atomic E-state index is 12.3. The van der Waals surface area contributed by atoms with Crippen LogP contribution in [0.1, 0.15) is 28.7 Å². The zero-order chi connectivity index (χ0) is 18.4. The Hall–Kier alpha value is -2.62. The number of likely N-dealkylation sites (N-methyl/N-ethyl adjacent to an activating group) is 1. The van der Waals surface area contributed by atoms with Crippen LogP contribution in [-0.4, -0.2) is 30.3 Å². The van der Waals surface area contributed by atoms with Gasteiger partial charge in [0.25, 0.3) is 0 Å². The van der Waals surface area contributed by atoms with Crippen LogP contribution < -0.4 is 5.32 Å². The molecular weight excluding hydrogens is 312 g/mol. The molecule has 25 heavy (non-hydrogen) atoms. The van der Waals surface area contributed by atoms with E-state index >= 15 is 0 Å². The molecule has 0 heterocycles. The van der Waals surface area contributed by atoms with Crippen LogP contribution in [0.25, 0.3) is 0 Å². The summed E-state index contributed by atoms with van der Waals surface area (Å²) in [5.74, 6) is -0.210. The number of rotatable bonds is 6. The minimum absolute atomic E-state index is 0.0300. The normalized spacial score (nSPS) is 10.4. The molecule has 2 aromatic carbocycles. The van der Waals surface area contributed by atoms with Crippen molar-refractivity contribution < 1.29 is 9.59 Å². The van der Waals surface area contributed by atoms with Crippen molar-refractivity contribution in [2.24, 2.45) is 0 Å². The Labute approximate surface area is 149 Å². The molecule has 0 saturated carbocycles. The second-order valence-corrected chi connectivity index (χ2v) is 6.53. The maximum Gasteiger partial charge on any atom is 0.243 e. The molecule has 0 bridgehead atoms. The van der Waals surface area contributed by atoms with Gasteiger partial charge in [0.1, 0.15) is 0 Å². The Morgan fingerprint density at radius 1 is 1.04 bits per heavy atom. The van der Waals surface area contributed by atoms with E-state index in [4.69, 9.17) is 0 Å². The number of nitrogens with zero attached hydrogens (tertiary/aromatic N) is 1. The SMILES string of the molecule is Cc1cccc(CCC(=O)N(C)CC(=O)Nc2cccc(C)c2C)c1. The summed E-state index contributed by atoms with van der Waals surface area (Å²) in [5.41, 5.74) is 5.29. The first kappa shape index (κ1) is 18.7. The molecule has 0 atom stereocenters. The highest BCUT2D eigenvalue weighted by molar-refractivity contribution is 5.95. The number of hydrogen-bond donors (Lipinski definition) is 1. The number of amides is 2. The fourth-order valence-corrected chi connectivity index (χ4v) is 2.69. The van der Waals surface area contributed by atoms with Crippen LogP contribution in [0.5, 0.6) is 0 Å². The molecule has 0 fully saturated rings. The third-order valence-corrected chi connectivity index (χ3v) is 4.40. The Morgan fingerprint density at radius 3 is 2.48 bits per heavy atom. The Kier molecular flexibility index (Phi) is 6.34. The smallest absolute Gasteiger partial charge is 0.243 e. The number of benzene rings is 2. The van der Waals surface area contributed by atoms with Crippen molar-refractivity contribution in [1.29, 1.82) is 0 Å². The Balaban J connectivity index is 1.85. The van der Waals surface area contributed by atoms with Crippen LogP contribution in [0.2, 0.25) is 0 Å². The molecule has 4 nitrogen and oxygen atoms in total. The van der Waals surface area contributed by atoms with Crippen molar-refractivity contribution in [3.8, 4) is 0 Å². The summed E-state index contributed by atoms with van der Waals surface area (Å²) in [7, 11) is 1.67. The average molecular weight is 338 g/mol. The van der Waals surface area contributed by atoms with Gasteiger partial charge in [-0.1, -0.05) is 42.0 Å². The van der Waals surface area contributed by atoms with Crippen LogP contribution in [-0.2, 0) is 16.0 Å². The summed E-state index contributed by atoms with van der Waals surface area (Å²) in [5, 5.41) is 2.89. The molecule has 0 saturated heterocycles. The fraction of sp³-hybridized carbons (Fsp3) is 0.333. The van der Waals surface area contributed by atoms with E-state index < -0.39 is 0 Å². The molecule has 0 aliphatic rings. The van der Waals surface area contributed by atoms with Crippen molar-refractivity contribution in [3.05, 3.63) is 64.7 Å². The predicted octanol–water partition coefficient (Wildman–Crippen LogP) is 3.64. The van der Waals surface area contributed by atoms with E-state index in [1.807, 2.05) is 57.2 Å². The van der Waals surface area contributed by atoms with Gasteiger partial charge in [-0.05, 0) is 49.9 Å². The van der Waals surface area contributed by atoms with Crippen molar-refractivity contribution >= 4 is 17.5 Å². The minimum Gasteiger partial charge on any atom is -0.336 e. The first-order chi connectivity index (χ1) is 11.9. The minimum atomic E-state index is -0.180. The summed E-state index contributed by atoms with van der Waals surface area (Å²) >= 11 is 0. The van der Waals surface area contributed by atoms with E-state index in [1.54, 1.807) is 7.05 Å². The molecule has 0 unspecified atom stereocenters. The number of anilines is 1. The highest BCUT2D eigenvalue weighted by atomic mass is 16.2. The van der Waals surface area contributed by atoms with Crippen molar-refractivity contribution in [3.63, 3.8) is 0 Å². The largest absolute Gasteiger partial charge is 0.336 e. The van der Waals surface area contributed by atoms with Crippen LogP contribution in [0, 0.1) is 20.8 Å². The van der Waals surface area contributed by atoms with Gasteiger partial charge in [-0.15, -0.1) is 0 Å². The van der Waals surface area contributed by atoms with Gasteiger partial charge < -0.3 is 10.2 Å². The Morgan fingerprint density at radius 2 is 1.76 bits per heavy atom. The number of nitrogens with one attached hydrogen (secondary N) is 1. The first-order valence-corrected chi connectivity index (χ1v) is 8.52. The third kappa shape index (κ3) is 5.45. The molecule has 0 aliphatic heterocycles. The van der Waals surface area contributed by atoms with Gasteiger partial charge in [-0.25, -0.2) is 0 Å². The number of carbonyl (C=O) groups is 2. The van der Waals surface area contributed by atoms with Gasteiger partial charge in [0.15, 0.2) is 0 Å². The zero-order valence-electron chi connectivity index (χ0n) is 15.4. The van der Waals surface area contributed by atoms with Gasteiger partial charge in [-0.2, -0.15) is 0 Å². The second-order valence-electron chi connectivity index (χ2n) is 6.53. The zero-order valence-corrected chi connectivity index (χ0v) is 15.4. The number of aryl methyl sites for hydroxylation is 3. The van der Waals surface area contributed by atoms with E-state index in [0.29, 0.717) is 12.8 Å². The predicted molar refractivity (Wildman–Crippen MR) is 102 cm³/mol. The molecule has 0 spiro atoms. The first-order valence-electron chi connectivity index (χ1n) is 8.52. The lowest BCUT2D eigenvalue weighted by molar-refractivity contribution is -0.133.